The Bertz CT molecular complexity index is 156. The number of halogens is 5. The summed E-state index contributed by atoms with van der Waals surface area (Å²) in [7, 11) is 0. The fraction of sp³-hybridized carbons (Fsp3) is 0.143. The lowest BCUT2D eigenvalue weighted by Gasteiger charge is -1.88. The fourth-order valence-electron chi connectivity index (χ4n) is 0.538. The highest BCUT2D eigenvalue weighted by atomic mass is 32.1. The van der Waals surface area contributed by atoms with Crippen LogP contribution in [-0.2, 0) is 0 Å². The fourth-order valence-corrected chi connectivity index (χ4v) is 0.674. The smallest absolute Gasteiger partial charge is 0.0377 e. The molecule has 0 spiro atoms. The van der Waals surface area contributed by atoms with Gasteiger partial charge in [-0.1, -0.05) is 30.3 Å². The van der Waals surface area contributed by atoms with E-state index in [0.29, 0.717) is 0 Å². The normalized spacial score (nSPS) is 5.62. The predicted octanol–water partition coefficient (Wildman–Crippen LogP) is 3.31. The number of rotatable bonds is 0. The van der Waals surface area contributed by atoms with Crippen molar-refractivity contribution >= 4 is 12.6 Å². The Morgan fingerprint density at radius 2 is 1.08 bits per heavy atom. The molecule has 6 heteroatoms. The van der Waals surface area contributed by atoms with E-state index in [0.717, 1.165) is 4.90 Å². The highest BCUT2D eigenvalue weighted by molar-refractivity contribution is 7.80. The van der Waals surface area contributed by atoms with Crippen LogP contribution in [0.25, 0.3) is 0 Å². The molecule has 1 rings (SSSR count). The summed E-state index contributed by atoms with van der Waals surface area (Å²) in [5.74, 6) is 0. The third kappa shape index (κ3) is 11.1. The molecule has 0 fully saturated rings. The lowest BCUT2D eigenvalue weighted by atomic mass is 10.2. The lowest BCUT2D eigenvalue weighted by Crippen LogP contribution is -1.67. The molecule has 0 N–H and O–H groups in total. The van der Waals surface area contributed by atoms with Gasteiger partial charge in [-0.05, 0) is 19.1 Å². The molecule has 0 amide bonds. The van der Waals surface area contributed by atoms with Crippen molar-refractivity contribution in [1.29, 1.82) is 0 Å². The van der Waals surface area contributed by atoms with Crippen molar-refractivity contribution in [2.75, 3.05) is 0 Å². The van der Waals surface area contributed by atoms with Gasteiger partial charge in [0.05, 0.1) is 0 Å². The van der Waals surface area contributed by atoms with Crippen LogP contribution < -0.4 is 0 Å². The number of aryl methyl sites for hydroxylation is 1. The lowest BCUT2D eigenvalue weighted by molar-refractivity contribution is 1.11. The van der Waals surface area contributed by atoms with E-state index in [9.17, 15) is 0 Å². The van der Waals surface area contributed by atoms with Gasteiger partial charge >= 0.3 is 0 Å². The summed E-state index contributed by atoms with van der Waals surface area (Å²) in [6.45, 7) is 2.05. The van der Waals surface area contributed by atoms with Crippen LogP contribution in [0, 0.1) is 6.92 Å². The van der Waals surface area contributed by atoms with Crippen LogP contribution in [0.3, 0.4) is 0 Å². The standard InChI is InChI=1S/C7H7S.5FH/c1-6-2-4-7(8)5-3-6;;;;;/h2-5H,1H3;5*1H. The zero-order chi connectivity index (χ0) is 5.98. The summed E-state index contributed by atoms with van der Waals surface area (Å²) >= 11 is 4.87. The minimum Gasteiger partial charge on any atom is -0.269 e. The maximum Gasteiger partial charge on any atom is 0.0377 e. The summed E-state index contributed by atoms with van der Waals surface area (Å²) in [6.07, 6.45) is 0. The van der Waals surface area contributed by atoms with Gasteiger partial charge in [0.2, 0.25) is 0 Å². The van der Waals surface area contributed by atoms with E-state index in [-0.39, 0.29) is 23.5 Å². The van der Waals surface area contributed by atoms with Gasteiger partial charge < -0.3 is 0 Å². The minimum atomic E-state index is 0. The summed E-state index contributed by atoms with van der Waals surface area (Å²) in [4.78, 5) is 0.913. The van der Waals surface area contributed by atoms with Gasteiger partial charge in [0.1, 0.15) is 0 Å². The molecule has 0 saturated carbocycles. The van der Waals surface area contributed by atoms with Gasteiger partial charge in [-0.2, -0.15) is 0 Å². The van der Waals surface area contributed by atoms with Crippen molar-refractivity contribution in [3.05, 3.63) is 29.8 Å². The Morgan fingerprint density at radius 1 is 0.769 bits per heavy atom. The van der Waals surface area contributed by atoms with E-state index < -0.39 is 0 Å². The maximum absolute atomic E-state index is 4.87. The topological polar surface area (TPSA) is 0 Å². The molecule has 1 aromatic rings. The molecular formula is C7H12F5S. The van der Waals surface area contributed by atoms with Crippen LogP contribution in [0.4, 0.5) is 23.5 Å². The van der Waals surface area contributed by atoms with Gasteiger partial charge in [-0.25, -0.2) is 0 Å². The molecule has 0 unspecified atom stereocenters. The summed E-state index contributed by atoms with van der Waals surface area (Å²) in [5, 5.41) is 0. The molecular weight excluding hydrogens is 211 g/mol. The second-order valence-corrected chi connectivity index (χ2v) is 2.28. The third-order valence-corrected chi connectivity index (χ3v) is 1.29. The zero-order valence-electron chi connectivity index (χ0n) is 6.76. The zero-order valence-corrected chi connectivity index (χ0v) is 7.58. The molecule has 0 saturated heterocycles. The molecule has 1 radical (unpaired) electrons. The molecule has 0 nitrogen and oxygen atoms in total. The van der Waals surface area contributed by atoms with Crippen LogP contribution in [0.5, 0.6) is 0 Å². The van der Waals surface area contributed by atoms with E-state index in [4.69, 9.17) is 12.6 Å². The van der Waals surface area contributed by atoms with E-state index in [1.54, 1.807) is 0 Å². The average molecular weight is 223 g/mol. The van der Waals surface area contributed by atoms with Crippen molar-refractivity contribution in [2.45, 2.75) is 11.8 Å². The predicted molar refractivity (Wildman–Crippen MR) is 49.6 cm³/mol. The Kier molecular flexibility index (Phi) is 31.1. The van der Waals surface area contributed by atoms with Gasteiger partial charge in [-0.15, -0.1) is 0 Å². The van der Waals surface area contributed by atoms with Gasteiger partial charge in [0.25, 0.3) is 0 Å². The van der Waals surface area contributed by atoms with Gasteiger partial charge in [-0.3, -0.25) is 23.5 Å². The van der Waals surface area contributed by atoms with E-state index in [1.165, 1.54) is 5.56 Å². The molecule has 0 bridgehead atoms. The van der Waals surface area contributed by atoms with E-state index >= 15 is 0 Å². The SMILES string of the molecule is Cc1ccc([S])cc1.F.F.F.F.F. The number of hydrogen-bond acceptors (Lipinski definition) is 0. The van der Waals surface area contributed by atoms with Gasteiger partial charge in [0, 0.05) is 4.90 Å². The first-order valence-electron chi connectivity index (χ1n) is 2.53. The average Bonchev–Trinajstić information content (AvgIpc) is 1.77. The van der Waals surface area contributed by atoms with Crippen LogP contribution in [0.1, 0.15) is 5.56 Å². The van der Waals surface area contributed by atoms with Crippen molar-refractivity contribution in [3.63, 3.8) is 0 Å². The van der Waals surface area contributed by atoms with Crippen molar-refractivity contribution in [1.82, 2.24) is 0 Å². The van der Waals surface area contributed by atoms with E-state index in [1.807, 2.05) is 24.3 Å². The quantitative estimate of drug-likeness (QED) is 0.592. The number of benzene rings is 1. The minimum absolute atomic E-state index is 0. The Hall–Kier alpha value is -0.910. The molecule has 0 aliphatic heterocycles. The highest BCUT2D eigenvalue weighted by Gasteiger charge is 1.81. The monoisotopic (exact) mass is 223 g/mol. The highest BCUT2D eigenvalue weighted by Crippen LogP contribution is 2.05. The maximum atomic E-state index is 4.87. The molecule has 0 aliphatic carbocycles. The third-order valence-electron chi connectivity index (χ3n) is 1.02. The van der Waals surface area contributed by atoms with Crippen LogP contribution in [0.15, 0.2) is 29.2 Å². The summed E-state index contributed by atoms with van der Waals surface area (Å²) in [5.41, 5.74) is 1.26. The van der Waals surface area contributed by atoms with Crippen molar-refractivity contribution < 1.29 is 23.5 Å². The van der Waals surface area contributed by atoms with Crippen LogP contribution in [0.2, 0.25) is 0 Å². The van der Waals surface area contributed by atoms with Gasteiger partial charge in [0.15, 0.2) is 0 Å². The van der Waals surface area contributed by atoms with E-state index in [2.05, 4.69) is 6.92 Å². The first kappa shape index (κ1) is 29.6. The Morgan fingerprint density at radius 3 is 1.31 bits per heavy atom. The molecule has 1 aromatic carbocycles. The van der Waals surface area contributed by atoms with Crippen molar-refractivity contribution in [2.24, 2.45) is 0 Å². The molecule has 13 heavy (non-hydrogen) atoms. The summed E-state index contributed by atoms with van der Waals surface area (Å²) < 4.78 is 0. The number of hydrogen-bond donors (Lipinski definition) is 0. The molecule has 81 valence electrons. The first-order chi connectivity index (χ1) is 3.79. The molecule has 0 aliphatic rings. The second-order valence-electron chi connectivity index (χ2n) is 1.81. The molecule has 0 aromatic heterocycles. The first-order valence-corrected chi connectivity index (χ1v) is 2.93. The molecule has 0 atom stereocenters. The molecule has 0 heterocycles. The van der Waals surface area contributed by atoms with Crippen molar-refractivity contribution in [3.8, 4) is 0 Å². The Balaban J connectivity index is -0.0000000427. The van der Waals surface area contributed by atoms with Crippen LogP contribution >= 0.6 is 12.6 Å². The van der Waals surface area contributed by atoms with Crippen LogP contribution in [-0.4, -0.2) is 0 Å². The largest absolute Gasteiger partial charge is 0.269 e. The second kappa shape index (κ2) is 13.7. The Labute approximate surface area is 78.6 Å². The summed E-state index contributed by atoms with van der Waals surface area (Å²) in [6, 6.07) is 7.90.